The van der Waals surface area contributed by atoms with Crippen molar-refractivity contribution >= 4 is 16.5 Å². The molecule has 2 aromatic rings. The normalized spacial score (nSPS) is 12.4. The summed E-state index contributed by atoms with van der Waals surface area (Å²) < 4.78 is 16.5. The zero-order valence-electron chi connectivity index (χ0n) is 8.72. The molecule has 6 heteroatoms. The highest BCUT2D eigenvalue weighted by molar-refractivity contribution is 7.09. The van der Waals surface area contributed by atoms with Gasteiger partial charge in [0.15, 0.2) is 0 Å². The van der Waals surface area contributed by atoms with Crippen LogP contribution in [0.4, 0.5) is 9.39 Å². The fourth-order valence-corrected chi connectivity index (χ4v) is 1.85. The van der Waals surface area contributed by atoms with E-state index in [9.17, 15) is 4.39 Å². The molecule has 0 aliphatic carbocycles. The number of hydrogen-bond acceptors (Lipinski definition) is 5. The van der Waals surface area contributed by atoms with Gasteiger partial charge in [-0.25, -0.2) is 4.39 Å². The lowest BCUT2D eigenvalue weighted by atomic mass is 10.1. The predicted octanol–water partition coefficient (Wildman–Crippen LogP) is 2.64. The first-order valence-corrected chi connectivity index (χ1v) is 5.72. The first kappa shape index (κ1) is 10.9. The maximum absolute atomic E-state index is 12.7. The van der Waals surface area contributed by atoms with Crippen LogP contribution in [0.5, 0.6) is 0 Å². The number of pyridine rings is 1. The Balaban J connectivity index is 2.13. The maximum atomic E-state index is 12.7. The van der Waals surface area contributed by atoms with Crippen LogP contribution in [0.15, 0.2) is 24.5 Å². The summed E-state index contributed by atoms with van der Waals surface area (Å²) in [4.78, 5) is 4.06. The Kier molecular flexibility index (Phi) is 3.40. The van der Waals surface area contributed by atoms with E-state index in [-0.39, 0.29) is 11.9 Å². The van der Waals surface area contributed by atoms with Gasteiger partial charge in [0.05, 0.1) is 24.1 Å². The van der Waals surface area contributed by atoms with Crippen molar-refractivity contribution < 1.29 is 4.39 Å². The fourth-order valence-electron chi connectivity index (χ4n) is 1.38. The maximum Gasteiger partial charge on any atom is 0.141 e. The third-order valence-corrected chi connectivity index (χ3v) is 2.79. The van der Waals surface area contributed by atoms with Crippen LogP contribution >= 0.6 is 11.5 Å². The average Bonchev–Trinajstić information content (AvgIpc) is 2.80. The predicted molar refractivity (Wildman–Crippen MR) is 60.8 cm³/mol. The van der Waals surface area contributed by atoms with Gasteiger partial charge in [0.25, 0.3) is 0 Å². The second kappa shape index (κ2) is 4.98. The molecule has 1 N–H and O–H groups in total. The summed E-state index contributed by atoms with van der Waals surface area (Å²) in [7, 11) is 0. The Labute approximate surface area is 96.7 Å². The van der Waals surface area contributed by atoms with E-state index in [0.717, 1.165) is 17.1 Å². The zero-order valence-corrected chi connectivity index (χ0v) is 9.54. The smallest absolute Gasteiger partial charge is 0.141 e. The summed E-state index contributed by atoms with van der Waals surface area (Å²) in [5, 5.41) is 7.88. The van der Waals surface area contributed by atoms with Gasteiger partial charge in [-0.3, -0.25) is 4.98 Å². The van der Waals surface area contributed by atoms with Gasteiger partial charge < -0.3 is 5.32 Å². The minimum absolute atomic E-state index is 0.0582. The molecular formula is C10H11FN4S. The first-order valence-electron chi connectivity index (χ1n) is 4.95. The number of nitrogens with zero attached hydrogens (tertiary/aromatic N) is 3. The highest BCUT2D eigenvalue weighted by Gasteiger charge is 2.11. The summed E-state index contributed by atoms with van der Waals surface area (Å²) in [6, 6.07) is 3.16. The van der Waals surface area contributed by atoms with Gasteiger partial charge in [0.1, 0.15) is 10.8 Å². The fraction of sp³-hybridized carbons (Fsp3) is 0.300. The van der Waals surface area contributed by atoms with Gasteiger partial charge in [-0.1, -0.05) is 11.4 Å². The number of anilines is 1. The van der Waals surface area contributed by atoms with Crippen molar-refractivity contribution in [3.05, 3.63) is 36.0 Å². The highest BCUT2D eigenvalue weighted by Crippen LogP contribution is 2.22. The van der Waals surface area contributed by atoms with E-state index in [1.807, 2.05) is 6.92 Å². The quantitative estimate of drug-likeness (QED) is 0.889. The van der Waals surface area contributed by atoms with Crippen molar-refractivity contribution in [2.75, 3.05) is 5.32 Å². The lowest BCUT2D eigenvalue weighted by Gasteiger charge is -2.15. The molecular weight excluding hydrogens is 227 g/mol. The van der Waals surface area contributed by atoms with Gasteiger partial charge >= 0.3 is 0 Å². The molecule has 0 fully saturated rings. The Hall–Kier alpha value is -1.56. The van der Waals surface area contributed by atoms with Crippen LogP contribution in [-0.4, -0.2) is 14.6 Å². The van der Waals surface area contributed by atoms with E-state index < -0.39 is 0 Å². The lowest BCUT2D eigenvalue weighted by Crippen LogP contribution is -2.10. The minimum Gasteiger partial charge on any atom is -0.366 e. The monoisotopic (exact) mass is 238 g/mol. The molecule has 2 aromatic heterocycles. The van der Waals surface area contributed by atoms with Crippen LogP contribution in [0.25, 0.3) is 0 Å². The van der Waals surface area contributed by atoms with Gasteiger partial charge in [0.2, 0.25) is 0 Å². The molecule has 0 saturated carbocycles. The number of aromatic nitrogens is 3. The lowest BCUT2D eigenvalue weighted by molar-refractivity contribution is 0.614. The van der Waals surface area contributed by atoms with Crippen molar-refractivity contribution in [3.8, 4) is 0 Å². The molecule has 0 amide bonds. The average molecular weight is 238 g/mol. The van der Waals surface area contributed by atoms with Crippen LogP contribution in [0.3, 0.4) is 0 Å². The summed E-state index contributed by atoms with van der Waals surface area (Å²) in [6.45, 7) is 2.04. The zero-order chi connectivity index (χ0) is 11.4. The Morgan fingerprint density at radius 2 is 2.31 bits per heavy atom. The topological polar surface area (TPSA) is 50.7 Å². The van der Waals surface area contributed by atoms with Gasteiger partial charge in [0, 0.05) is 11.5 Å². The molecule has 2 rings (SSSR count). The second-order valence-electron chi connectivity index (χ2n) is 3.29. The summed E-state index contributed by atoms with van der Waals surface area (Å²) in [5.41, 5.74) is 0.817. The molecule has 1 unspecified atom stereocenters. The molecule has 1 atom stereocenters. The van der Waals surface area contributed by atoms with E-state index in [0.29, 0.717) is 0 Å². The minimum atomic E-state index is -0.321. The van der Waals surface area contributed by atoms with Crippen LogP contribution < -0.4 is 5.32 Å². The molecule has 0 bridgehead atoms. The van der Waals surface area contributed by atoms with Crippen LogP contribution in [-0.2, 0) is 0 Å². The van der Waals surface area contributed by atoms with E-state index in [2.05, 4.69) is 19.9 Å². The van der Waals surface area contributed by atoms with Gasteiger partial charge in [-0.05, 0) is 18.6 Å². The standard InChI is InChI=1S/C10H11FN4S/c1-2-8(14-10-6-13-15-16-10)9-4-3-7(11)5-12-9/h3-6,8,14H,2H2,1H3. The molecule has 0 radical (unpaired) electrons. The molecule has 0 aromatic carbocycles. The Morgan fingerprint density at radius 3 is 2.88 bits per heavy atom. The molecule has 16 heavy (non-hydrogen) atoms. The van der Waals surface area contributed by atoms with Gasteiger partial charge in [-0.2, -0.15) is 0 Å². The van der Waals surface area contributed by atoms with Crippen LogP contribution in [0.1, 0.15) is 25.1 Å². The Morgan fingerprint density at radius 1 is 1.44 bits per heavy atom. The third kappa shape index (κ3) is 2.52. The van der Waals surface area contributed by atoms with Crippen LogP contribution in [0.2, 0.25) is 0 Å². The molecule has 4 nitrogen and oxygen atoms in total. The molecule has 0 saturated heterocycles. The third-order valence-electron chi connectivity index (χ3n) is 2.19. The Bertz CT molecular complexity index is 429. The van der Waals surface area contributed by atoms with Gasteiger partial charge in [-0.15, -0.1) is 5.10 Å². The van der Waals surface area contributed by atoms with E-state index >= 15 is 0 Å². The molecule has 84 valence electrons. The summed E-state index contributed by atoms with van der Waals surface area (Å²) >= 11 is 1.29. The van der Waals surface area contributed by atoms with Crippen molar-refractivity contribution in [3.63, 3.8) is 0 Å². The SMILES string of the molecule is CCC(Nc1cnns1)c1ccc(F)cn1. The first-order chi connectivity index (χ1) is 7.79. The number of halogens is 1. The largest absolute Gasteiger partial charge is 0.366 e. The highest BCUT2D eigenvalue weighted by atomic mass is 32.1. The number of hydrogen-bond donors (Lipinski definition) is 1. The van der Waals surface area contributed by atoms with E-state index in [1.165, 1.54) is 23.8 Å². The van der Waals surface area contributed by atoms with E-state index in [1.54, 1.807) is 12.3 Å². The van der Waals surface area contributed by atoms with Crippen LogP contribution in [0, 0.1) is 5.82 Å². The second-order valence-corrected chi connectivity index (χ2v) is 4.07. The van der Waals surface area contributed by atoms with Crippen molar-refractivity contribution in [1.82, 2.24) is 14.6 Å². The molecule has 0 aliphatic rings. The summed E-state index contributed by atoms with van der Waals surface area (Å²) in [5.74, 6) is -0.321. The molecule has 0 spiro atoms. The molecule has 0 aliphatic heterocycles. The number of rotatable bonds is 4. The number of nitrogens with one attached hydrogen (secondary N) is 1. The van der Waals surface area contributed by atoms with Crippen molar-refractivity contribution in [2.45, 2.75) is 19.4 Å². The molecule has 2 heterocycles. The van der Waals surface area contributed by atoms with Crippen molar-refractivity contribution in [1.29, 1.82) is 0 Å². The van der Waals surface area contributed by atoms with E-state index in [4.69, 9.17) is 0 Å². The summed E-state index contributed by atoms with van der Waals surface area (Å²) in [6.07, 6.45) is 3.75. The van der Waals surface area contributed by atoms with Crippen molar-refractivity contribution in [2.24, 2.45) is 0 Å².